The molecule has 2 rings (SSSR count). The molecule has 0 bridgehead atoms. The summed E-state index contributed by atoms with van der Waals surface area (Å²) in [6.45, 7) is 5.92. The van der Waals surface area contributed by atoms with Crippen LogP contribution in [-0.4, -0.2) is 79.4 Å². The topological polar surface area (TPSA) is 87.2 Å². The van der Waals surface area contributed by atoms with Crippen LogP contribution in [0.3, 0.4) is 0 Å². The molecule has 2 heterocycles. The highest BCUT2D eigenvalue weighted by molar-refractivity contribution is 7.89. The summed E-state index contributed by atoms with van der Waals surface area (Å²) in [4.78, 5) is 13.5. The van der Waals surface area contributed by atoms with Gasteiger partial charge in [0.1, 0.15) is 5.60 Å². The van der Waals surface area contributed by atoms with Crippen LogP contribution >= 0.6 is 0 Å². The highest BCUT2D eigenvalue weighted by atomic mass is 32.2. The molecule has 1 N–H and O–H groups in total. The first-order valence-corrected chi connectivity index (χ1v) is 8.91. The Morgan fingerprint density at radius 2 is 1.86 bits per heavy atom. The zero-order chi connectivity index (χ0) is 15.7. The molecular weight excluding hydrogens is 296 g/mol. The Morgan fingerprint density at radius 1 is 1.29 bits per heavy atom. The van der Waals surface area contributed by atoms with E-state index >= 15 is 0 Å². The Kier molecular flexibility index (Phi) is 4.92. The molecule has 2 aliphatic heterocycles. The van der Waals surface area contributed by atoms with E-state index in [4.69, 9.17) is 4.74 Å². The van der Waals surface area contributed by atoms with Gasteiger partial charge in [-0.3, -0.25) is 4.79 Å². The molecule has 1 amide bonds. The minimum absolute atomic E-state index is 0.0339. The Labute approximate surface area is 125 Å². The van der Waals surface area contributed by atoms with Crippen molar-refractivity contribution in [3.8, 4) is 0 Å². The van der Waals surface area contributed by atoms with Gasteiger partial charge < -0.3 is 14.7 Å². The number of ether oxygens (including phenoxy) is 1. The number of sulfonamides is 1. The van der Waals surface area contributed by atoms with E-state index in [1.165, 1.54) is 9.21 Å². The average Bonchev–Trinajstić information content (AvgIpc) is 2.42. The number of likely N-dealkylation sites (tertiary alicyclic amines) is 1. The van der Waals surface area contributed by atoms with Crippen molar-refractivity contribution in [2.24, 2.45) is 5.92 Å². The van der Waals surface area contributed by atoms with Crippen molar-refractivity contribution in [2.45, 2.75) is 25.9 Å². The normalized spacial score (nSPS) is 23.1. The summed E-state index contributed by atoms with van der Waals surface area (Å²) in [6, 6.07) is 0. The number of nitrogens with zero attached hydrogens (tertiary/aromatic N) is 2. The molecule has 2 aliphatic rings. The molecule has 8 heteroatoms. The quantitative estimate of drug-likeness (QED) is 0.721. The fourth-order valence-corrected chi connectivity index (χ4v) is 3.88. The minimum Gasteiger partial charge on any atom is -0.386 e. The number of β-amino-alcohol motifs (C(OH)–C–C–N with tert-alkyl or cyclic N) is 1. The van der Waals surface area contributed by atoms with Gasteiger partial charge >= 0.3 is 0 Å². The minimum atomic E-state index is -3.40. The summed E-state index contributed by atoms with van der Waals surface area (Å²) in [5, 5.41) is 10.1. The summed E-state index contributed by atoms with van der Waals surface area (Å²) < 4.78 is 30.7. The maximum atomic E-state index is 12.1. The van der Waals surface area contributed by atoms with E-state index in [0.717, 1.165) is 0 Å². The molecule has 0 aromatic rings. The third-order valence-electron chi connectivity index (χ3n) is 4.29. The van der Waals surface area contributed by atoms with Crippen LogP contribution in [-0.2, 0) is 19.6 Å². The number of hydrogen-bond acceptors (Lipinski definition) is 5. The summed E-state index contributed by atoms with van der Waals surface area (Å²) in [7, 11) is -3.40. The molecule has 0 aromatic heterocycles. The number of carbonyl (C=O) groups is 1. The Bertz CT molecular complexity index is 479. The first-order chi connectivity index (χ1) is 9.74. The Hall–Kier alpha value is -0.700. The van der Waals surface area contributed by atoms with Gasteiger partial charge in [-0.25, -0.2) is 8.42 Å². The molecule has 7 nitrogen and oxygen atoms in total. The van der Waals surface area contributed by atoms with Crippen LogP contribution in [0.15, 0.2) is 0 Å². The van der Waals surface area contributed by atoms with Gasteiger partial charge in [-0.2, -0.15) is 4.31 Å². The Balaban J connectivity index is 1.79. The van der Waals surface area contributed by atoms with Gasteiger partial charge in [0.25, 0.3) is 0 Å². The van der Waals surface area contributed by atoms with E-state index in [-0.39, 0.29) is 24.0 Å². The van der Waals surface area contributed by atoms with Gasteiger partial charge in [-0.05, 0) is 5.92 Å². The summed E-state index contributed by atoms with van der Waals surface area (Å²) >= 11 is 0. The smallest absolute Gasteiger partial charge is 0.223 e. The number of morpholine rings is 1. The van der Waals surface area contributed by atoms with Gasteiger partial charge in [-0.1, -0.05) is 13.8 Å². The lowest BCUT2D eigenvalue weighted by atomic mass is 9.83. The van der Waals surface area contributed by atoms with Crippen molar-refractivity contribution in [3.63, 3.8) is 0 Å². The number of hydrogen-bond donors (Lipinski definition) is 1. The van der Waals surface area contributed by atoms with E-state index in [2.05, 4.69) is 0 Å². The first kappa shape index (κ1) is 16.7. The van der Waals surface area contributed by atoms with Crippen LogP contribution in [0.2, 0.25) is 0 Å². The van der Waals surface area contributed by atoms with Crippen molar-refractivity contribution in [2.75, 3.05) is 45.1 Å². The van der Waals surface area contributed by atoms with E-state index in [1.54, 1.807) is 0 Å². The summed E-state index contributed by atoms with van der Waals surface area (Å²) in [6.07, 6.45) is -0.0339. The predicted octanol–water partition coefficient (Wildman–Crippen LogP) is -0.732. The van der Waals surface area contributed by atoms with Crippen molar-refractivity contribution in [1.82, 2.24) is 9.21 Å². The van der Waals surface area contributed by atoms with Crippen molar-refractivity contribution in [1.29, 1.82) is 0 Å². The molecule has 0 saturated carbocycles. The van der Waals surface area contributed by atoms with Gasteiger partial charge in [0, 0.05) is 19.5 Å². The molecule has 0 unspecified atom stereocenters. The number of amides is 1. The second kappa shape index (κ2) is 6.20. The molecule has 2 fully saturated rings. The fourth-order valence-electron chi connectivity index (χ4n) is 2.48. The lowest BCUT2D eigenvalue weighted by Gasteiger charge is -2.49. The number of carbonyl (C=O) groups excluding carboxylic acids is 1. The lowest BCUT2D eigenvalue weighted by molar-refractivity contribution is -0.163. The van der Waals surface area contributed by atoms with Crippen molar-refractivity contribution >= 4 is 15.9 Å². The van der Waals surface area contributed by atoms with Crippen LogP contribution < -0.4 is 0 Å². The molecule has 0 radical (unpaired) electrons. The lowest BCUT2D eigenvalue weighted by Crippen LogP contribution is -2.66. The van der Waals surface area contributed by atoms with Gasteiger partial charge in [0.05, 0.1) is 32.1 Å². The molecule has 2 saturated heterocycles. The van der Waals surface area contributed by atoms with Gasteiger partial charge in [0.15, 0.2) is 0 Å². The second-order valence-corrected chi connectivity index (χ2v) is 8.17. The predicted molar refractivity (Wildman–Crippen MR) is 77.2 cm³/mol. The largest absolute Gasteiger partial charge is 0.386 e. The molecule has 0 aromatic carbocycles. The van der Waals surface area contributed by atoms with Crippen molar-refractivity contribution < 1.29 is 23.1 Å². The van der Waals surface area contributed by atoms with Crippen molar-refractivity contribution in [3.05, 3.63) is 0 Å². The number of aliphatic hydroxyl groups is 1. The highest BCUT2D eigenvalue weighted by Gasteiger charge is 2.45. The van der Waals surface area contributed by atoms with E-state index < -0.39 is 15.6 Å². The third kappa shape index (κ3) is 3.74. The van der Waals surface area contributed by atoms with Gasteiger partial charge in [-0.15, -0.1) is 0 Å². The standard InChI is InChI=1S/C13H24N2O5S/c1-11(2)13(17)9-14(10-13)12(16)3-8-21(18,19)15-4-6-20-7-5-15/h11,17H,3-10H2,1-2H3. The Morgan fingerprint density at radius 3 is 2.38 bits per heavy atom. The average molecular weight is 320 g/mol. The molecule has 0 spiro atoms. The maximum absolute atomic E-state index is 12.1. The van der Waals surface area contributed by atoms with Gasteiger partial charge in [0.2, 0.25) is 15.9 Å². The second-order valence-electron chi connectivity index (χ2n) is 6.09. The zero-order valence-corrected chi connectivity index (χ0v) is 13.4. The van der Waals surface area contributed by atoms with Crippen LogP contribution in [0.4, 0.5) is 0 Å². The number of rotatable bonds is 5. The van der Waals surface area contributed by atoms with Crippen LogP contribution in [0.25, 0.3) is 0 Å². The monoisotopic (exact) mass is 320 g/mol. The van der Waals surface area contributed by atoms with E-state index in [1.807, 2.05) is 13.8 Å². The molecule has 0 atom stereocenters. The summed E-state index contributed by atoms with van der Waals surface area (Å²) in [5.41, 5.74) is -0.821. The van der Waals surface area contributed by atoms with Crippen LogP contribution in [0.5, 0.6) is 0 Å². The fraction of sp³-hybridized carbons (Fsp3) is 0.923. The molecule has 122 valence electrons. The van der Waals surface area contributed by atoms with Crippen LogP contribution in [0.1, 0.15) is 20.3 Å². The molecule has 21 heavy (non-hydrogen) atoms. The van der Waals surface area contributed by atoms with Crippen LogP contribution in [0, 0.1) is 5.92 Å². The van der Waals surface area contributed by atoms with E-state index in [0.29, 0.717) is 39.4 Å². The summed E-state index contributed by atoms with van der Waals surface area (Å²) in [5.74, 6) is -0.307. The first-order valence-electron chi connectivity index (χ1n) is 7.30. The van der Waals surface area contributed by atoms with E-state index in [9.17, 15) is 18.3 Å². The SMILES string of the molecule is CC(C)C1(O)CN(C(=O)CCS(=O)(=O)N2CCOCC2)C1. The third-order valence-corrected chi connectivity index (χ3v) is 6.17. The molecule has 0 aliphatic carbocycles. The zero-order valence-electron chi connectivity index (χ0n) is 12.6. The maximum Gasteiger partial charge on any atom is 0.223 e. The molecular formula is C13H24N2O5S. The highest BCUT2D eigenvalue weighted by Crippen LogP contribution is 2.29.